The van der Waals surface area contributed by atoms with Gasteiger partial charge in [0, 0.05) is 73.5 Å². The van der Waals surface area contributed by atoms with Crippen molar-refractivity contribution < 1.29 is 22.7 Å². The van der Waals surface area contributed by atoms with Crippen molar-refractivity contribution in [1.82, 2.24) is 24.7 Å². The van der Waals surface area contributed by atoms with E-state index in [-0.39, 0.29) is 66.3 Å². The Bertz CT molecular complexity index is 2180. The molecule has 1 amide bonds. The molecule has 2 aromatic heterocycles. The van der Waals surface area contributed by atoms with Gasteiger partial charge in [-0.3, -0.25) is 9.69 Å². The number of thiophene rings is 1. The van der Waals surface area contributed by atoms with Crippen LogP contribution in [0.2, 0.25) is 5.02 Å². The van der Waals surface area contributed by atoms with Crippen LogP contribution >= 0.6 is 22.9 Å². The summed E-state index contributed by atoms with van der Waals surface area (Å²) in [6.45, 7) is 4.33. The highest BCUT2D eigenvalue weighted by Gasteiger charge is 2.51. The first-order chi connectivity index (χ1) is 24.9. The Morgan fingerprint density at radius 3 is 2.81 bits per heavy atom. The van der Waals surface area contributed by atoms with Gasteiger partial charge in [-0.05, 0) is 57.6 Å². The Morgan fingerprint density at radius 1 is 1.23 bits per heavy atom. The highest BCUT2D eigenvalue weighted by Crippen LogP contribution is 2.48. The summed E-state index contributed by atoms with van der Waals surface area (Å²) < 4.78 is 53.0. The third-order valence-corrected chi connectivity index (χ3v) is 12.4. The first-order valence-corrected chi connectivity index (χ1v) is 18.6. The molecule has 4 aliphatic heterocycles. The number of nitrogens with zero attached hydrogens (tertiary/aromatic N) is 7. The number of fused-ring (bicyclic) bond motifs is 3. The zero-order chi connectivity index (χ0) is 36.5. The Morgan fingerprint density at radius 2 is 2.04 bits per heavy atom. The average Bonchev–Trinajstić information content (AvgIpc) is 3.85. The number of hydrogen-bond acceptors (Lipinski definition) is 10. The summed E-state index contributed by atoms with van der Waals surface area (Å²) in [6, 6.07) is 6.19. The minimum atomic E-state index is -0.950. The topological polar surface area (TPSA) is 115 Å². The number of nitriles is 1. The number of alkyl halides is 1. The van der Waals surface area contributed by atoms with E-state index in [1.807, 2.05) is 36.0 Å². The molecule has 10 nitrogen and oxygen atoms in total. The van der Waals surface area contributed by atoms with E-state index in [9.17, 15) is 18.8 Å². The average molecular weight is 751 g/mol. The van der Waals surface area contributed by atoms with Crippen molar-refractivity contribution in [3.8, 4) is 23.2 Å². The largest absolute Gasteiger partial charge is 0.461 e. The minimum Gasteiger partial charge on any atom is -0.461 e. The SMILES string of the molecule is CN(C)C/C=C/C(=O)N1CC2(CCN(c3nc(OC[C@@]45CCCN4C[C@H](F)C5)nc4c(F)c(-c5ccc(F)c6sc(N)c(C#N)c56)c(Cl)cc34)C2)C1. The van der Waals surface area contributed by atoms with Crippen LogP contribution in [-0.2, 0) is 4.79 Å². The number of carbonyl (C=O) groups excluding carboxylic acids is 1. The molecule has 4 saturated heterocycles. The Labute approximate surface area is 308 Å². The van der Waals surface area contributed by atoms with Crippen molar-refractivity contribution in [2.75, 3.05) is 77.1 Å². The number of rotatable bonds is 8. The molecule has 1 spiro atoms. The van der Waals surface area contributed by atoms with E-state index in [1.54, 1.807) is 12.1 Å². The first-order valence-electron chi connectivity index (χ1n) is 17.4. The lowest BCUT2D eigenvalue weighted by molar-refractivity contribution is -0.136. The van der Waals surface area contributed by atoms with Crippen molar-refractivity contribution >= 4 is 60.7 Å². The summed E-state index contributed by atoms with van der Waals surface area (Å²) in [6.07, 6.45) is 5.38. The van der Waals surface area contributed by atoms with Crippen molar-refractivity contribution in [2.45, 2.75) is 37.4 Å². The second-order valence-electron chi connectivity index (χ2n) is 14.9. The number of nitrogens with two attached hydrogens (primary N) is 1. The molecule has 6 heterocycles. The molecule has 0 aliphatic carbocycles. The predicted molar refractivity (Wildman–Crippen MR) is 196 cm³/mol. The molecule has 4 aliphatic rings. The number of carbonyl (C=O) groups is 1. The van der Waals surface area contributed by atoms with Gasteiger partial charge in [0.1, 0.15) is 41.0 Å². The second kappa shape index (κ2) is 13.1. The number of benzene rings is 2. The van der Waals surface area contributed by atoms with Crippen molar-refractivity contribution in [2.24, 2.45) is 5.41 Å². The molecule has 0 bridgehead atoms. The Balaban J connectivity index is 1.18. The van der Waals surface area contributed by atoms with E-state index < -0.39 is 23.3 Å². The number of amides is 1. The summed E-state index contributed by atoms with van der Waals surface area (Å²) in [5.41, 5.74) is 5.62. The third kappa shape index (κ3) is 5.82. The van der Waals surface area contributed by atoms with E-state index in [1.165, 1.54) is 12.1 Å². The highest BCUT2D eigenvalue weighted by molar-refractivity contribution is 7.23. The summed E-state index contributed by atoms with van der Waals surface area (Å²) >= 11 is 7.81. The zero-order valence-electron chi connectivity index (χ0n) is 28.9. The molecule has 52 heavy (non-hydrogen) atoms. The third-order valence-electron chi connectivity index (χ3n) is 11.1. The predicted octanol–water partition coefficient (Wildman–Crippen LogP) is 6.01. The smallest absolute Gasteiger partial charge is 0.319 e. The molecule has 2 N–H and O–H groups in total. The molecule has 2 aromatic carbocycles. The minimum absolute atomic E-state index is 0.0277. The number of hydrogen-bond donors (Lipinski definition) is 1. The number of likely N-dealkylation sites (N-methyl/N-ethyl adjacent to an activating group) is 1. The second-order valence-corrected chi connectivity index (χ2v) is 16.4. The maximum atomic E-state index is 17.1. The van der Waals surface area contributed by atoms with Crippen LogP contribution in [0.1, 0.15) is 31.2 Å². The lowest BCUT2D eigenvalue weighted by atomic mass is 9.79. The van der Waals surface area contributed by atoms with Gasteiger partial charge in [0.15, 0.2) is 5.82 Å². The van der Waals surface area contributed by atoms with Gasteiger partial charge in [-0.1, -0.05) is 23.7 Å². The molecule has 0 saturated carbocycles. The monoisotopic (exact) mass is 750 g/mol. The van der Waals surface area contributed by atoms with Gasteiger partial charge in [0.2, 0.25) is 5.91 Å². The number of aromatic nitrogens is 2. The van der Waals surface area contributed by atoms with Crippen molar-refractivity contribution in [3.63, 3.8) is 0 Å². The summed E-state index contributed by atoms with van der Waals surface area (Å²) in [4.78, 5) is 30.2. The van der Waals surface area contributed by atoms with Gasteiger partial charge in [-0.25, -0.2) is 13.2 Å². The number of nitrogen functional groups attached to an aromatic ring is 1. The molecule has 8 rings (SSSR count). The lowest BCUT2D eigenvalue weighted by Crippen LogP contribution is -2.59. The van der Waals surface area contributed by atoms with Crippen LogP contribution in [0.5, 0.6) is 6.01 Å². The normalized spacial score (nSPS) is 22.7. The molecule has 0 radical (unpaired) electrons. The number of likely N-dealkylation sites (tertiary alicyclic amines) is 1. The molecule has 4 aromatic rings. The van der Waals surface area contributed by atoms with Crippen LogP contribution in [0.15, 0.2) is 30.4 Å². The van der Waals surface area contributed by atoms with Crippen molar-refractivity contribution in [3.05, 3.63) is 52.6 Å². The molecule has 272 valence electrons. The van der Waals surface area contributed by atoms with E-state index in [0.29, 0.717) is 56.9 Å². The number of anilines is 2. The number of halogens is 4. The number of ether oxygens (including phenoxy) is 1. The van der Waals surface area contributed by atoms with Gasteiger partial charge in [0.25, 0.3) is 0 Å². The fourth-order valence-electron chi connectivity index (χ4n) is 8.63. The quantitative estimate of drug-likeness (QED) is 0.217. The van der Waals surface area contributed by atoms with Crippen LogP contribution in [-0.4, -0.2) is 109 Å². The Hall–Kier alpha value is -4.16. The molecule has 0 unspecified atom stereocenters. The standard InChI is InChI=1S/C37H38ClF3N8O2S/c1-46(2)10-3-5-27(50)48-18-36(19-48)9-12-47(17-36)34-23-13-25(38)29(22-6-7-26(40)32-28(22)24(15-42)33(43)52-32)30(41)31(23)44-35(45-34)51-20-37-8-4-11-49(37)16-21(39)14-37/h3,5-7,13,21H,4,8-12,14,16-20,43H2,1-2H3/b5-3+/t21-,37+/m1/s1. The molecule has 4 fully saturated rings. The fraction of sp³-hybridized carbons (Fsp3) is 0.459. The van der Waals surface area contributed by atoms with E-state index in [4.69, 9.17) is 27.1 Å². The zero-order valence-corrected chi connectivity index (χ0v) is 30.5. The van der Waals surface area contributed by atoms with Gasteiger partial charge in [-0.15, -0.1) is 11.3 Å². The summed E-state index contributed by atoms with van der Waals surface area (Å²) in [7, 11) is 3.88. The van der Waals surface area contributed by atoms with Crippen LogP contribution < -0.4 is 15.4 Å². The van der Waals surface area contributed by atoms with Crippen LogP contribution in [0.25, 0.3) is 32.1 Å². The maximum absolute atomic E-state index is 17.1. The molecule has 15 heteroatoms. The first kappa shape index (κ1) is 34.9. The lowest BCUT2D eigenvalue weighted by Gasteiger charge is -2.47. The maximum Gasteiger partial charge on any atom is 0.319 e. The summed E-state index contributed by atoms with van der Waals surface area (Å²) in [5.74, 6) is -0.944. The molecular weight excluding hydrogens is 713 g/mol. The fourth-order valence-corrected chi connectivity index (χ4v) is 9.88. The molecule has 2 atom stereocenters. The molecular formula is C37H38ClF3N8O2S. The summed E-state index contributed by atoms with van der Waals surface area (Å²) in [5, 5.41) is 10.6. The Kier molecular flexibility index (Phi) is 8.76. The van der Waals surface area contributed by atoms with Crippen LogP contribution in [0.4, 0.5) is 24.0 Å². The van der Waals surface area contributed by atoms with Crippen molar-refractivity contribution in [1.29, 1.82) is 5.26 Å². The van der Waals surface area contributed by atoms with Gasteiger partial charge in [-0.2, -0.15) is 15.2 Å². The van der Waals surface area contributed by atoms with Gasteiger partial charge < -0.3 is 25.2 Å². The van der Waals surface area contributed by atoms with E-state index >= 15 is 4.39 Å². The van der Waals surface area contributed by atoms with Crippen LogP contribution in [0.3, 0.4) is 0 Å². The van der Waals surface area contributed by atoms with Crippen LogP contribution in [0, 0.1) is 28.4 Å². The highest BCUT2D eigenvalue weighted by atomic mass is 35.5. The van der Waals surface area contributed by atoms with Gasteiger partial charge in [0.05, 0.1) is 20.8 Å². The van der Waals surface area contributed by atoms with E-state index in [2.05, 4.69) is 14.8 Å². The van der Waals surface area contributed by atoms with E-state index in [0.717, 1.165) is 37.1 Å². The van der Waals surface area contributed by atoms with Gasteiger partial charge >= 0.3 is 6.01 Å².